The summed E-state index contributed by atoms with van der Waals surface area (Å²) >= 11 is 14.5. The number of hydrogen-bond donors (Lipinski definition) is 0. The van der Waals surface area contributed by atoms with Crippen molar-refractivity contribution in [3.05, 3.63) is 62.8 Å². The molecule has 212 valence electrons. The van der Waals surface area contributed by atoms with Gasteiger partial charge >= 0.3 is 11.9 Å². The van der Waals surface area contributed by atoms with E-state index in [0.29, 0.717) is 51.0 Å². The predicted molar refractivity (Wildman–Crippen MR) is 157 cm³/mol. The Hall–Kier alpha value is -3.14. The first kappa shape index (κ1) is 26.7. The van der Waals surface area contributed by atoms with Crippen LogP contribution in [0.15, 0.2) is 34.9 Å². The summed E-state index contributed by atoms with van der Waals surface area (Å²) < 4.78 is 17.7. The van der Waals surface area contributed by atoms with Crippen LogP contribution in [0, 0.1) is 6.92 Å². The summed E-state index contributed by atoms with van der Waals surface area (Å²) in [6.45, 7) is 1.96. The van der Waals surface area contributed by atoms with E-state index in [2.05, 4.69) is 10.1 Å². The number of benzene rings is 2. The number of nitrogens with zero attached hydrogens (tertiary/aromatic N) is 3. The van der Waals surface area contributed by atoms with Crippen molar-refractivity contribution in [3.63, 3.8) is 0 Å². The van der Waals surface area contributed by atoms with E-state index in [-0.39, 0.29) is 30.1 Å². The average molecular weight is 613 g/mol. The lowest BCUT2D eigenvalue weighted by molar-refractivity contribution is 0.0202. The van der Waals surface area contributed by atoms with Crippen LogP contribution in [0.3, 0.4) is 0 Å². The normalized spacial score (nSPS) is 21.9. The smallest absolute Gasteiger partial charge is 0.344 e. The first-order valence-corrected chi connectivity index (χ1v) is 15.3. The number of esters is 2. The van der Waals surface area contributed by atoms with E-state index in [9.17, 15) is 9.59 Å². The summed E-state index contributed by atoms with van der Waals surface area (Å²) in [7, 11) is 1.39. The number of thiazole rings is 1. The molecular weight excluding hydrogens is 585 g/mol. The van der Waals surface area contributed by atoms with Crippen LogP contribution in [0.1, 0.15) is 76.5 Å². The van der Waals surface area contributed by atoms with Crippen molar-refractivity contribution in [3.8, 4) is 11.3 Å². The van der Waals surface area contributed by atoms with Gasteiger partial charge in [-0.3, -0.25) is 0 Å². The van der Waals surface area contributed by atoms with Crippen molar-refractivity contribution in [1.82, 2.24) is 10.1 Å². The standard InChI is InChI=1S/C30H27Cl2N3O5S/c1-14-10-16(28(36)38-2)11-22-25(14)33-30(41-22)35-17-8-9-18(35)13-19(12-17)39-29(37)24-26(34-40-27(24)15-6-7-15)23-20(31)4-3-5-21(23)32/h3-5,10-11,15,17-19H,6-9,12-13H2,1-2H3/t17-,18+,19-. The molecule has 4 aromatic rings. The molecule has 2 aromatic carbocycles. The lowest BCUT2D eigenvalue weighted by Crippen LogP contribution is -2.46. The van der Waals surface area contributed by atoms with E-state index >= 15 is 0 Å². The molecule has 0 N–H and O–H groups in total. The van der Waals surface area contributed by atoms with Gasteiger partial charge in [0.15, 0.2) is 10.9 Å². The number of piperidine rings is 1. The van der Waals surface area contributed by atoms with E-state index in [1.54, 1.807) is 29.5 Å². The number of hydrogen-bond acceptors (Lipinski definition) is 9. The topological polar surface area (TPSA) is 94.8 Å². The minimum Gasteiger partial charge on any atom is -0.465 e. The molecule has 3 fully saturated rings. The molecular formula is C30H27Cl2N3O5S. The van der Waals surface area contributed by atoms with Crippen molar-refractivity contribution >= 4 is 61.8 Å². The summed E-state index contributed by atoms with van der Waals surface area (Å²) in [5.41, 5.74) is 3.52. The number of aryl methyl sites for hydroxylation is 1. The molecule has 0 radical (unpaired) electrons. The van der Waals surface area contributed by atoms with Crippen LogP contribution in [0.25, 0.3) is 21.5 Å². The Bertz CT molecular complexity index is 1660. The fourth-order valence-corrected chi connectivity index (χ4v) is 8.10. The zero-order valence-corrected chi connectivity index (χ0v) is 24.8. The van der Waals surface area contributed by atoms with Crippen LogP contribution in [0.4, 0.5) is 5.13 Å². The van der Waals surface area contributed by atoms with E-state index in [4.69, 9.17) is 42.2 Å². The zero-order valence-electron chi connectivity index (χ0n) is 22.5. The first-order valence-electron chi connectivity index (χ1n) is 13.7. The Morgan fingerprint density at radius 1 is 1.05 bits per heavy atom. The number of carbonyl (C=O) groups excluding carboxylic acids is 2. The highest BCUT2D eigenvalue weighted by Crippen LogP contribution is 2.47. The highest BCUT2D eigenvalue weighted by atomic mass is 35.5. The largest absolute Gasteiger partial charge is 0.465 e. The van der Waals surface area contributed by atoms with Gasteiger partial charge in [-0.25, -0.2) is 14.6 Å². The maximum atomic E-state index is 13.7. The molecule has 41 heavy (non-hydrogen) atoms. The van der Waals surface area contributed by atoms with Gasteiger partial charge in [0.05, 0.1) is 32.9 Å². The number of rotatable bonds is 6. The van der Waals surface area contributed by atoms with Crippen LogP contribution in [0.5, 0.6) is 0 Å². The molecule has 3 atom stereocenters. The summed E-state index contributed by atoms with van der Waals surface area (Å²) in [5, 5.41) is 5.98. The second kappa shape index (κ2) is 10.3. The van der Waals surface area contributed by atoms with Gasteiger partial charge in [0, 0.05) is 36.4 Å². The van der Waals surface area contributed by atoms with E-state index < -0.39 is 5.97 Å². The molecule has 7 rings (SSSR count). The summed E-state index contributed by atoms with van der Waals surface area (Å²) in [4.78, 5) is 33.2. The maximum Gasteiger partial charge on any atom is 0.344 e. The van der Waals surface area contributed by atoms with Gasteiger partial charge in [-0.15, -0.1) is 0 Å². The Balaban J connectivity index is 1.13. The van der Waals surface area contributed by atoms with Gasteiger partial charge in [-0.2, -0.15) is 0 Å². The molecule has 3 aliphatic rings. The van der Waals surface area contributed by atoms with E-state index in [1.165, 1.54) is 7.11 Å². The van der Waals surface area contributed by atoms with Gasteiger partial charge in [0.2, 0.25) is 0 Å². The molecule has 0 unspecified atom stereocenters. The number of halogens is 2. The van der Waals surface area contributed by atoms with Crippen molar-refractivity contribution in [1.29, 1.82) is 0 Å². The van der Waals surface area contributed by atoms with E-state index in [0.717, 1.165) is 46.6 Å². The Morgan fingerprint density at radius 3 is 2.41 bits per heavy atom. The van der Waals surface area contributed by atoms with Crippen LogP contribution in [-0.2, 0) is 9.47 Å². The zero-order chi connectivity index (χ0) is 28.4. The predicted octanol–water partition coefficient (Wildman–Crippen LogP) is 7.59. The molecule has 2 bridgehead atoms. The summed E-state index contributed by atoms with van der Waals surface area (Å²) in [6.07, 6.45) is 5.06. The number of fused-ring (bicyclic) bond motifs is 3. The highest BCUT2D eigenvalue weighted by Gasteiger charge is 2.45. The third-order valence-electron chi connectivity index (χ3n) is 8.35. The number of aromatic nitrogens is 2. The van der Waals surface area contributed by atoms with Gasteiger partial charge in [0.25, 0.3) is 0 Å². The van der Waals surface area contributed by atoms with Gasteiger partial charge in [0.1, 0.15) is 17.4 Å². The lowest BCUT2D eigenvalue weighted by atomic mass is 9.99. The second-order valence-corrected chi connectivity index (χ2v) is 12.9. The van der Waals surface area contributed by atoms with Crippen LogP contribution >= 0.6 is 34.5 Å². The van der Waals surface area contributed by atoms with Crippen molar-refractivity contribution in [2.24, 2.45) is 0 Å². The monoisotopic (exact) mass is 611 g/mol. The van der Waals surface area contributed by atoms with Crippen LogP contribution in [-0.4, -0.2) is 47.4 Å². The number of ether oxygens (including phenoxy) is 2. The Morgan fingerprint density at radius 2 is 1.76 bits per heavy atom. The average Bonchev–Trinajstić information content (AvgIpc) is 3.45. The summed E-state index contributed by atoms with van der Waals surface area (Å²) in [6, 6.07) is 9.27. The fraction of sp³-hybridized carbons (Fsp3) is 0.400. The SMILES string of the molecule is COC(=O)c1cc(C)c2nc(N3[C@@H]4CC[C@H]3C[C@H](OC(=O)c3c(-c5c(Cl)cccc5Cl)noc3C3CC3)C4)sc2c1. The Labute approximate surface area is 250 Å². The molecule has 11 heteroatoms. The molecule has 1 aliphatic carbocycles. The first-order chi connectivity index (χ1) is 19.8. The fourth-order valence-electron chi connectivity index (χ4n) is 6.30. The van der Waals surface area contributed by atoms with Crippen molar-refractivity contribution < 1.29 is 23.6 Å². The molecule has 2 aromatic heterocycles. The van der Waals surface area contributed by atoms with Crippen molar-refractivity contribution in [2.75, 3.05) is 12.0 Å². The molecule has 0 spiro atoms. The van der Waals surface area contributed by atoms with Crippen LogP contribution < -0.4 is 4.90 Å². The highest BCUT2D eigenvalue weighted by molar-refractivity contribution is 7.22. The summed E-state index contributed by atoms with van der Waals surface area (Å²) in [5.74, 6) is -0.0916. The third kappa shape index (κ3) is 4.68. The second-order valence-electron chi connectivity index (χ2n) is 11.1. The molecule has 0 amide bonds. The molecule has 1 saturated carbocycles. The molecule has 2 aliphatic heterocycles. The number of anilines is 1. The van der Waals surface area contributed by atoms with Crippen LogP contribution in [0.2, 0.25) is 10.0 Å². The molecule has 4 heterocycles. The Kier molecular flexibility index (Phi) is 6.71. The number of methoxy groups -OCH3 is 1. The van der Waals surface area contributed by atoms with E-state index in [1.807, 2.05) is 19.1 Å². The number of carbonyl (C=O) groups is 2. The maximum absolute atomic E-state index is 13.7. The minimum atomic E-state index is -0.442. The minimum absolute atomic E-state index is 0.153. The molecule has 2 saturated heterocycles. The van der Waals surface area contributed by atoms with Crippen molar-refractivity contribution in [2.45, 2.75) is 69.6 Å². The lowest BCUT2D eigenvalue weighted by Gasteiger charge is -2.38. The van der Waals surface area contributed by atoms with Gasteiger partial charge in [-0.05, 0) is 62.4 Å². The van der Waals surface area contributed by atoms with Gasteiger partial charge < -0.3 is 18.9 Å². The quantitative estimate of drug-likeness (QED) is 0.206. The third-order valence-corrected chi connectivity index (χ3v) is 10.00. The van der Waals surface area contributed by atoms with Gasteiger partial charge in [-0.1, -0.05) is 45.8 Å². The molecule has 8 nitrogen and oxygen atoms in total.